The predicted octanol–water partition coefficient (Wildman–Crippen LogP) is 19.7. The second kappa shape index (κ2) is 56.7. The quantitative estimate of drug-likeness (QED) is 0.0272. The minimum absolute atomic E-state index is 0.00351. The molecule has 0 aromatic rings. The van der Waals surface area contributed by atoms with Crippen LogP contribution in [0.15, 0.2) is 24.3 Å². The van der Waals surface area contributed by atoms with E-state index in [1.807, 2.05) is 27.2 Å². The van der Waals surface area contributed by atoms with Crippen molar-refractivity contribution in [1.82, 2.24) is 5.32 Å². The number of likely N-dealkylation sites (N-methyl/N-ethyl adjacent to an activating group) is 1. The van der Waals surface area contributed by atoms with Gasteiger partial charge in [0.15, 0.2) is 0 Å². The Morgan fingerprint density at radius 3 is 1.09 bits per heavy atom. The number of aliphatic hydroxyl groups excluding tert-OH is 1. The van der Waals surface area contributed by atoms with Gasteiger partial charge >= 0.3 is 0 Å². The summed E-state index contributed by atoms with van der Waals surface area (Å²) in [6.07, 6.45) is 72.9. The molecule has 0 bridgehead atoms. The standard InChI is InChI=1S/C65H129N2O6P/c1-6-8-10-12-14-16-18-20-22-24-26-28-30-32-33-34-35-37-39-41-43-45-47-49-51-53-55-57-59-65(69)66-63(62-73-74(70,71)72-61-60-67(3,4)5)64(68)58-56-54-52-50-48-46-44-42-40-38-36-31-29-27-25-23-21-19-17-15-13-11-9-7-2/h48,50,56,58,63-64,68H,6-47,49,51-55,57,59-62H2,1-5H3,(H-,66,69,70,71)/b50-48+,58-56+. The molecule has 0 heterocycles. The lowest BCUT2D eigenvalue weighted by molar-refractivity contribution is -0.870. The van der Waals surface area contributed by atoms with Crippen LogP contribution in [0.25, 0.3) is 0 Å². The number of carbonyl (C=O) groups is 1. The third-order valence-corrected chi connectivity index (χ3v) is 16.1. The van der Waals surface area contributed by atoms with Crippen LogP contribution in [0.1, 0.15) is 335 Å². The number of amides is 1. The average molecular weight is 1070 g/mol. The van der Waals surface area contributed by atoms with E-state index in [0.717, 1.165) is 38.5 Å². The SMILES string of the molecule is CCCCCCCCCCCCCCCCCCCC/C=C/CC/C=C/C(O)C(COP(=O)([O-])OCC[N+](C)(C)C)NC(=O)CCCCCCCCCCCCCCCCCCCCCCCCCCCCCC. The zero-order valence-corrected chi connectivity index (χ0v) is 51.2. The fourth-order valence-corrected chi connectivity index (χ4v) is 10.8. The highest BCUT2D eigenvalue weighted by molar-refractivity contribution is 7.45. The van der Waals surface area contributed by atoms with Crippen molar-refractivity contribution >= 4 is 13.7 Å². The molecule has 0 fully saturated rings. The molecule has 0 saturated carbocycles. The molecule has 0 aromatic heterocycles. The van der Waals surface area contributed by atoms with E-state index in [2.05, 4.69) is 31.3 Å². The van der Waals surface area contributed by atoms with Gasteiger partial charge in [0.05, 0.1) is 39.9 Å². The highest BCUT2D eigenvalue weighted by Gasteiger charge is 2.23. The summed E-state index contributed by atoms with van der Waals surface area (Å²) in [5.41, 5.74) is 0. The second-order valence-electron chi connectivity index (χ2n) is 23.8. The van der Waals surface area contributed by atoms with Crippen LogP contribution in [0.2, 0.25) is 0 Å². The summed E-state index contributed by atoms with van der Waals surface area (Å²) in [5, 5.41) is 13.9. The molecule has 440 valence electrons. The van der Waals surface area contributed by atoms with Gasteiger partial charge in [-0.15, -0.1) is 0 Å². The maximum atomic E-state index is 13.0. The third kappa shape index (κ3) is 58.7. The number of carbonyl (C=O) groups excluding carboxylic acids is 1. The van der Waals surface area contributed by atoms with Gasteiger partial charge in [-0.3, -0.25) is 9.36 Å². The molecule has 0 radical (unpaired) electrons. The van der Waals surface area contributed by atoms with Crippen LogP contribution in [0.5, 0.6) is 0 Å². The van der Waals surface area contributed by atoms with Gasteiger partial charge in [0, 0.05) is 6.42 Å². The lowest BCUT2D eigenvalue weighted by Crippen LogP contribution is -2.45. The van der Waals surface area contributed by atoms with E-state index in [0.29, 0.717) is 17.4 Å². The molecular weight excluding hydrogens is 936 g/mol. The molecule has 0 spiro atoms. The number of nitrogens with zero attached hydrogens (tertiary/aromatic N) is 1. The Bertz CT molecular complexity index is 1260. The number of aliphatic hydroxyl groups is 1. The Balaban J connectivity index is 4.11. The zero-order valence-electron chi connectivity index (χ0n) is 50.3. The Kier molecular flexibility index (Phi) is 55.9. The molecule has 0 rings (SSSR count). The Morgan fingerprint density at radius 2 is 0.757 bits per heavy atom. The summed E-state index contributed by atoms with van der Waals surface area (Å²) in [7, 11) is 1.26. The highest BCUT2D eigenvalue weighted by Crippen LogP contribution is 2.38. The van der Waals surface area contributed by atoms with E-state index < -0.39 is 20.0 Å². The van der Waals surface area contributed by atoms with Crippen molar-refractivity contribution in [3.8, 4) is 0 Å². The molecule has 0 aliphatic rings. The van der Waals surface area contributed by atoms with Gasteiger partial charge in [-0.05, 0) is 32.1 Å². The highest BCUT2D eigenvalue weighted by atomic mass is 31.2. The molecule has 0 aliphatic heterocycles. The van der Waals surface area contributed by atoms with Gasteiger partial charge in [0.2, 0.25) is 5.91 Å². The third-order valence-electron chi connectivity index (χ3n) is 15.2. The minimum atomic E-state index is -4.61. The van der Waals surface area contributed by atoms with E-state index in [1.165, 1.54) is 276 Å². The maximum absolute atomic E-state index is 13.0. The fraction of sp³-hybridized carbons (Fsp3) is 0.923. The normalized spacial score (nSPS) is 13.9. The molecule has 0 aliphatic carbocycles. The second-order valence-corrected chi connectivity index (χ2v) is 25.2. The number of rotatable bonds is 61. The first-order valence-electron chi connectivity index (χ1n) is 32.7. The van der Waals surface area contributed by atoms with Crippen LogP contribution in [0.3, 0.4) is 0 Å². The fourth-order valence-electron chi connectivity index (χ4n) is 10.1. The average Bonchev–Trinajstić information content (AvgIpc) is 3.36. The molecular formula is C65H129N2O6P. The van der Waals surface area contributed by atoms with Crippen LogP contribution in [-0.4, -0.2) is 68.5 Å². The molecule has 8 nitrogen and oxygen atoms in total. The van der Waals surface area contributed by atoms with E-state index in [4.69, 9.17) is 9.05 Å². The van der Waals surface area contributed by atoms with Crippen LogP contribution >= 0.6 is 7.82 Å². The monoisotopic (exact) mass is 1060 g/mol. The van der Waals surface area contributed by atoms with Crippen molar-refractivity contribution in [2.75, 3.05) is 40.9 Å². The summed E-state index contributed by atoms with van der Waals surface area (Å²) >= 11 is 0. The largest absolute Gasteiger partial charge is 0.756 e. The van der Waals surface area contributed by atoms with Crippen molar-refractivity contribution in [3.63, 3.8) is 0 Å². The van der Waals surface area contributed by atoms with Crippen LogP contribution in [0.4, 0.5) is 0 Å². The number of unbranched alkanes of at least 4 members (excludes halogenated alkanes) is 46. The minimum Gasteiger partial charge on any atom is -0.756 e. The number of hydrogen-bond donors (Lipinski definition) is 2. The van der Waals surface area contributed by atoms with E-state index in [9.17, 15) is 19.4 Å². The molecule has 1 amide bonds. The van der Waals surface area contributed by atoms with E-state index in [-0.39, 0.29) is 19.1 Å². The zero-order chi connectivity index (χ0) is 54.2. The van der Waals surface area contributed by atoms with Crippen LogP contribution in [-0.2, 0) is 18.4 Å². The van der Waals surface area contributed by atoms with Crippen molar-refractivity contribution in [1.29, 1.82) is 0 Å². The van der Waals surface area contributed by atoms with Gasteiger partial charge in [-0.2, -0.15) is 0 Å². The molecule has 3 atom stereocenters. The number of hydrogen-bond acceptors (Lipinski definition) is 6. The number of allylic oxidation sites excluding steroid dienone is 3. The summed E-state index contributed by atoms with van der Waals surface area (Å²) in [4.78, 5) is 25.6. The molecule has 9 heteroatoms. The van der Waals surface area contributed by atoms with Gasteiger partial charge in [-0.25, -0.2) is 0 Å². The van der Waals surface area contributed by atoms with Crippen molar-refractivity contribution in [2.45, 2.75) is 347 Å². The number of nitrogens with one attached hydrogen (secondary N) is 1. The smallest absolute Gasteiger partial charge is 0.268 e. The first kappa shape index (κ1) is 73.0. The Labute approximate surface area is 462 Å². The molecule has 0 aromatic carbocycles. The summed E-state index contributed by atoms with van der Waals surface area (Å²) in [6, 6.07) is -0.901. The van der Waals surface area contributed by atoms with Crippen LogP contribution < -0.4 is 10.2 Å². The number of phosphoric ester groups is 1. The van der Waals surface area contributed by atoms with Gasteiger partial charge in [0.1, 0.15) is 13.2 Å². The van der Waals surface area contributed by atoms with Gasteiger partial charge < -0.3 is 28.8 Å². The van der Waals surface area contributed by atoms with Crippen molar-refractivity contribution in [2.24, 2.45) is 0 Å². The van der Waals surface area contributed by atoms with Gasteiger partial charge in [-0.1, -0.05) is 321 Å². The first-order valence-corrected chi connectivity index (χ1v) is 34.2. The molecule has 2 N–H and O–H groups in total. The van der Waals surface area contributed by atoms with Crippen LogP contribution in [0, 0.1) is 0 Å². The van der Waals surface area contributed by atoms with Crippen molar-refractivity contribution in [3.05, 3.63) is 24.3 Å². The summed E-state index contributed by atoms with van der Waals surface area (Å²) < 4.78 is 23.4. The molecule has 0 saturated heterocycles. The van der Waals surface area contributed by atoms with Gasteiger partial charge in [0.25, 0.3) is 7.82 Å². The predicted molar refractivity (Wildman–Crippen MR) is 321 cm³/mol. The molecule has 74 heavy (non-hydrogen) atoms. The Hall–Kier alpha value is -1.02. The van der Waals surface area contributed by atoms with Crippen molar-refractivity contribution < 1.29 is 32.9 Å². The van der Waals surface area contributed by atoms with E-state index in [1.54, 1.807) is 6.08 Å². The maximum Gasteiger partial charge on any atom is 0.268 e. The molecule has 3 unspecified atom stereocenters. The lowest BCUT2D eigenvalue weighted by Gasteiger charge is -2.29. The lowest BCUT2D eigenvalue weighted by atomic mass is 10.0. The Morgan fingerprint density at radius 1 is 0.459 bits per heavy atom. The number of phosphoric acid groups is 1. The summed E-state index contributed by atoms with van der Waals surface area (Å²) in [6.45, 7) is 4.69. The summed E-state index contributed by atoms with van der Waals surface area (Å²) in [5.74, 6) is -0.199. The topological polar surface area (TPSA) is 108 Å². The van der Waals surface area contributed by atoms with E-state index >= 15 is 0 Å². The first-order chi connectivity index (χ1) is 36.0. The number of quaternary nitrogens is 1.